The van der Waals surface area contributed by atoms with Crippen LogP contribution in [0, 0.1) is 0 Å². The molecule has 8 heteroatoms. The number of rotatable bonds is 15. The van der Waals surface area contributed by atoms with Crippen molar-refractivity contribution in [3.8, 4) is 0 Å². The summed E-state index contributed by atoms with van der Waals surface area (Å²) in [5.74, 6) is -0.156. The molecule has 2 rings (SSSR count). The summed E-state index contributed by atoms with van der Waals surface area (Å²) < 4.78 is 11.7. The van der Waals surface area contributed by atoms with Gasteiger partial charge in [0, 0.05) is 60.7 Å². The van der Waals surface area contributed by atoms with E-state index in [0.717, 1.165) is 64.2 Å². The van der Waals surface area contributed by atoms with Crippen LogP contribution in [0.2, 0.25) is 0 Å². The quantitative estimate of drug-likeness (QED) is 0.152. The normalized spacial score (nSPS) is 23.1. The fourth-order valence-electron chi connectivity index (χ4n) is 7.59. The van der Waals surface area contributed by atoms with E-state index >= 15 is 0 Å². The molecule has 0 aromatic carbocycles. The number of hydrogen-bond donors (Lipinski definition) is 0. The number of piperidine rings is 2. The minimum Gasteiger partial charge on any atom is -0.462 e. The summed E-state index contributed by atoms with van der Waals surface area (Å²) in [6, 6.07) is 0. The van der Waals surface area contributed by atoms with Gasteiger partial charge >= 0.3 is 11.9 Å². The first kappa shape index (κ1) is 35.0. The van der Waals surface area contributed by atoms with Crippen LogP contribution in [0.3, 0.4) is 0 Å². The lowest BCUT2D eigenvalue weighted by atomic mass is 9.80. The topological polar surface area (TPSA) is 77.5 Å². The van der Waals surface area contributed by atoms with Gasteiger partial charge in [-0.3, -0.25) is 9.59 Å². The molecule has 234 valence electrons. The first-order chi connectivity index (χ1) is 18.5. The molecule has 0 radical (unpaired) electrons. The zero-order chi connectivity index (χ0) is 30.2. The van der Waals surface area contributed by atoms with Gasteiger partial charge in [0.2, 0.25) is 0 Å². The molecule has 8 nitrogen and oxygen atoms in total. The lowest BCUT2D eigenvalue weighted by Crippen LogP contribution is -2.61. The zero-order valence-corrected chi connectivity index (χ0v) is 27.4. The fourth-order valence-corrected chi connectivity index (χ4v) is 7.59. The third-order valence-corrected chi connectivity index (χ3v) is 8.58. The van der Waals surface area contributed by atoms with E-state index in [2.05, 4.69) is 55.4 Å². The summed E-state index contributed by atoms with van der Waals surface area (Å²) in [7, 11) is 3.42. The lowest BCUT2D eigenvalue weighted by Gasteiger charge is -2.52. The SMILES string of the molecule is CON1C(C)(C)CC(OC(=O)CCCCCCCCCCC(=O)OC2CC(C)(C)N(OC)C(C)(C)C2)CC1(C)C. The summed E-state index contributed by atoms with van der Waals surface area (Å²) in [6.07, 6.45) is 12.4. The zero-order valence-electron chi connectivity index (χ0n) is 27.4. The van der Waals surface area contributed by atoms with Crippen molar-refractivity contribution in [2.75, 3.05) is 14.2 Å². The van der Waals surface area contributed by atoms with E-state index < -0.39 is 0 Å². The van der Waals surface area contributed by atoms with Crippen LogP contribution in [-0.4, -0.2) is 70.6 Å². The van der Waals surface area contributed by atoms with Crippen LogP contribution in [0.1, 0.15) is 145 Å². The number of esters is 2. The van der Waals surface area contributed by atoms with Crippen LogP contribution in [0.5, 0.6) is 0 Å². The largest absolute Gasteiger partial charge is 0.462 e. The standard InChI is InChI=1S/C32H60N2O6/c1-29(2)21-25(22-30(3,4)33(29)37-9)39-27(35)19-17-15-13-11-12-14-16-18-20-28(36)40-26-23-31(5,6)34(38-10)32(7,8)24-26/h25-26H,11-24H2,1-10H3. The highest BCUT2D eigenvalue weighted by Crippen LogP contribution is 2.40. The number of nitrogens with zero attached hydrogens (tertiary/aromatic N) is 2. The van der Waals surface area contributed by atoms with E-state index in [4.69, 9.17) is 19.1 Å². The lowest BCUT2D eigenvalue weighted by molar-refractivity contribution is -0.278. The molecule has 0 saturated carbocycles. The molecule has 0 bridgehead atoms. The predicted octanol–water partition coefficient (Wildman–Crippen LogP) is 7.14. The third kappa shape index (κ3) is 10.2. The minimum absolute atomic E-state index is 0.0662. The van der Waals surface area contributed by atoms with E-state index in [-0.39, 0.29) is 46.3 Å². The van der Waals surface area contributed by atoms with E-state index in [1.165, 1.54) is 12.8 Å². The van der Waals surface area contributed by atoms with Crippen molar-refractivity contribution in [1.82, 2.24) is 10.1 Å². The van der Waals surface area contributed by atoms with E-state index in [0.29, 0.717) is 12.8 Å². The highest BCUT2D eigenvalue weighted by molar-refractivity contribution is 5.69. The fraction of sp³-hybridized carbons (Fsp3) is 0.938. The van der Waals surface area contributed by atoms with Crippen LogP contribution >= 0.6 is 0 Å². The highest BCUT2D eigenvalue weighted by Gasteiger charge is 2.48. The monoisotopic (exact) mass is 568 g/mol. The number of unbranched alkanes of at least 4 members (excludes halogenated alkanes) is 7. The van der Waals surface area contributed by atoms with Crippen molar-refractivity contribution in [1.29, 1.82) is 0 Å². The summed E-state index contributed by atoms with van der Waals surface area (Å²) >= 11 is 0. The van der Waals surface area contributed by atoms with Crippen LogP contribution in [0.25, 0.3) is 0 Å². The van der Waals surface area contributed by atoms with Crippen LogP contribution in [-0.2, 0) is 28.7 Å². The van der Waals surface area contributed by atoms with Gasteiger partial charge in [0.05, 0.1) is 14.2 Å². The van der Waals surface area contributed by atoms with Crippen molar-refractivity contribution < 1.29 is 28.7 Å². The smallest absolute Gasteiger partial charge is 0.306 e. The molecule has 0 amide bonds. The molecule has 0 unspecified atom stereocenters. The molecular weight excluding hydrogens is 508 g/mol. The third-order valence-electron chi connectivity index (χ3n) is 8.58. The number of ether oxygens (including phenoxy) is 2. The van der Waals surface area contributed by atoms with Crippen LogP contribution in [0.4, 0.5) is 0 Å². The van der Waals surface area contributed by atoms with Gasteiger partial charge in [-0.1, -0.05) is 38.5 Å². The summed E-state index contributed by atoms with van der Waals surface area (Å²) in [5.41, 5.74) is -0.729. The molecule has 2 fully saturated rings. The maximum absolute atomic E-state index is 12.5. The molecule has 2 heterocycles. The van der Waals surface area contributed by atoms with Crippen molar-refractivity contribution >= 4 is 11.9 Å². The van der Waals surface area contributed by atoms with Crippen molar-refractivity contribution in [2.45, 2.75) is 180 Å². The van der Waals surface area contributed by atoms with Gasteiger partial charge < -0.3 is 19.1 Å². The van der Waals surface area contributed by atoms with Gasteiger partial charge in [-0.05, 0) is 68.2 Å². The van der Waals surface area contributed by atoms with E-state index in [1.807, 2.05) is 10.1 Å². The number of carbonyl (C=O) groups excluding carboxylic acids is 2. The Labute approximate surface area is 244 Å². The Morgan fingerprint density at radius 2 is 0.775 bits per heavy atom. The molecule has 0 aromatic rings. The second-order valence-electron chi connectivity index (χ2n) is 14.6. The first-order valence-corrected chi connectivity index (χ1v) is 15.6. The van der Waals surface area contributed by atoms with Gasteiger partial charge in [-0.2, -0.15) is 10.1 Å². The summed E-state index contributed by atoms with van der Waals surface area (Å²) in [6.45, 7) is 17.1. The average Bonchev–Trinajstić information content (AvgIpc) is 2.77. The molecule has 2 aliphatic heterocycles. The minimum atomic E-state index is -0.182. The van der Waals surface area contributed by atoms with E-state index in [1.54, 1.807) is 14.2 Å². The molecule has 0 aromatic heterocycles. The van der Waals surface area contributed by atoms with Crippen LogP contribution < -0.4 is 0 Å². The van der Waals surface area contributed by atoms with Crippen molar-refractivity contribution in [3.63, 3.8) is 0 Å². The molecular formula is C32H60N2O6. The molecule has 0 atom stereocenters. The molecule has 0 spiro atoms. The predicted molar refractivity (Wildman–Crippen MR) is 158 cm³/mol. The number of carbonyl (C=O) groups is 2. The maximum Gasteiger partial charge on any atom is 0.306 e. The van der Waals surface area contributed by atoms with Crippen molar-refractivity contribution in [2.24, 2.45) is 0 Å². The first-order valence-electron chi connectivity index (χ1n) is 15.6. The molecule has 40 heavy (non-hydrogen) atoms. The Morgan fingerprint density at radius 3 is 1.02 bits per heavy atom. The summed E-state index contributed by atoms with van der Waals surface area (Å²) in [4.78, 5) is 36.2. The van der Waals surface area contributed by atoms with Crippen molar-refractivity contribution in [3.05, 3.63) is 0 Å². The Morgan fingerprint density at radius 1 is 0.525 bits per heavy atom. The second kappa shape index (κ2) is 14.8. The second-order valence-corrected chi connectivity index (χ2v) is 14.6. The Kier molecular flexibility index (Phi) is 12.9. The average molecular weight is 569 g/mol. The number of hydrogen-bond acceptors (Lipinski definition) is 8. The van der Waals surface area contributed by atoms with Gasteiger partial charge in [0.1, 0.15) is 12.2 Å². The van der Waals surface area contributed by atoms with E-state index in [9.17, 15) is 9.59 Å². The summed E-state index contributed by atoms with van der Waals surface area (Å²) in [5, 5.41) is 4.06. The molecule has 0 N–H and O–H groups in total. The van der Waals surface area contributed by atoms with Gasteiger partial charge in [-0.25, -0.2) is 0 Å². The van der Waals surface area contributed by atoms with Gasteiger partial charge in [0.25, 0.3) is 0 Å². The Hall–Kier alpha value is -1.22. The Balaban J connectivity index is 1.51. The van der Waals surface area contributed by atoms with Crippen LogP contribution in [0.15, 0.2) is 0 Å². The number of hydroxylamine groups is 4. The highest BCUT2D eigenvalue weighted by atomic mass is 16.7. The molecule has 2 saturated heterocycles. The molecule has 0 aliphatic carbocycles. The van der Waals surface area contributed by atoms with Gasteiger partial charge in [0.15, 0.2) is 0 Å². The Bertz CT molecular complexity index is 707. The van der Waals surface area contributed by atoms with Gasteiger partial charge in [-0.15, -0.1) is 0 Å². The maximum atomic E-state index is 12.5. The molecule has 2 aliphatic rings.